The van der Waals surface area contributed by atoms with Gasteiger partial charge in [0.25, 0.3) is 11.8 Å². The van der Waals surface area contributed by atoms with Gasteiger partial charge >= 0.3 is 6.03 Å². The van der Waals surface area contributed by atoms with Crippen molar-refractivity contribution in [3.63, 3.8) is 0 Å². The average molecular weight is 423 g/mol. The van der Waals surface area contributed by atoms with Gasteiger partial charge < -0.3 is 24.1 Å². The second-order valence-corrected chi connectivity index (χ2v) is 7.13. The zero-order valence-corrected chi connectivity index (χ0v) is 17.2. The number of hydrogen-bond acceptors (Lipinski definition) is 6. The van der Waals surface area contributed by atoms with E-state index >= 15 is 0 Å². The zero-order chi connectivity index (χ0) is 22.1. The Morgan fingerprint density at radius 1 is 1.00 bits per heavy atom. The molecule has 9 nitrogen and oxygen atoms in total. The van der Waals surface area contributed by atoms with Gasteiger partial charge in [-0.1, -0.05) is 6.07 Å². The molecule has 9 heteroatoms. The first-order chi connectivity index (χ1) is 14.9. The molecule has 0 radical (unpaired) electrons. The van der Waals surface area contributed by atoms with Crippen LogP contribution in [0.15, 0.2) is 46.9 Å². The summed E-state index contributed by atoms with van der Waals surface area (Å²) < 4.78 is 15.7. The lowest BCUT2D eigenvalue weighted by Crippen LogP contribution is -2.22. The molecule has 2 aliphatic rings. The van der Waals surface area contributed by atoms with E-state index in [2.05, 4.69) is 10.6 Å². The summed E-state index contributed by atoms with van der Waals surface area (Å²) in [5.41, 5.74) is 2.45. The number of urea groups is 1. The van der Waals surface area contributed by atoms with Gasteiger partial charge in [0.2, 0.25) is 0 Å². The number of fused-ring (bicyclic) bond motifs is 2. The lowest BCUT2D eigenvalue weighted by atomic mass is 10.1. The van der Waals surface area contributed by atoms with Crippen LogP contribution < -0.4 is 20.1 Å². The van der Waals surface area contributed by atoms with E-state index in [-0.39, 0.29) is 5.91 Å². The quantitative estimate of drug-likeness (QED) is 0.627. The van der Waals surface area contributed by atoms with Crippen LogP contribution in [0.5, 0.6) is 11.5 Å². The van der Waals surface area contributed by atoms with E-state index in [0.717, 1.165) is 22.3 Å². The van der Waals surface area contributed by atoms with Crippen LogP contribution in [0, 0.1) is 0 Å². The number of imide groups is 1. The van der Waals surface area contributed by atoms with E-state index in [1.165, 1.54) is 0 Å². The van der Waals surface area contributed by atoms with Crippen LogP contribution in [0.4, 0.5) is 4.79 Å². The molecule has 3 aromatic rings. The molecule has 0 bridgehead atoms. The van der Waals surface area contributed by atoms with Crippen LogP contribution in [0.25, 0.3) is 11.0 Å². The van der Waals surface area contributed by atoms with E-state index in [1.54, 1.807) is 50.4 Å². The van der Waals surface area contributed by atoms with Gasteiger partial charge in [-0.15, -0.1) is 0 Å². The number of carbonyl (C=O) groups is 3. The first-order valence-electron chi connectivity index (χ1n) is 9.51. The smallest absolute Gasteiger partial charge is 0.322 e. The van der Waals surface area contributed by atoms with Crippen LogP contribution in [-0.4, -0.2) is 44.0 Å². The Bertz CT molecular complexity index is 1190. The highest BCUT2D eigenvalue weighted by Gasteiger charge is 2.33. The largest absolute Gasteiger partial charge is 0.497 e. The minimum absolute atomic E-state index is 0.0777. The van der Waals surface area contributed by atoms with Crippen LogP contribution in [0.1, 0.15) is 27.7 Å². The molecular formula is C22H21N3O6. The molecule has 1 fully saturated rings. The van der Waals surface area contributed by atoms with E-state index in [4.69, 9.17) is 13.9 Å². The van der Waals surface area contributed by atoms with Crippen LogP contribution in [0.2, 0.25) is 0 Å². The van der Waals surface area contributed by atoms with Gasteiger partial charge in [0, 0.05) is 30.6 Å². The highest BCUT2D eigenvalue weighted by atomic mass is 16.5. The highest BCUT2D eigenvalue weighted by molar-refractivity contribution is 6.04. The van der Waals surface area contributed by atoms with E-state index in [1.807, 2.05) is 18.2 Å². The summed E-state index contributed by atoms with van der Waals surface area (Å²) >= 11 is 0. The number of ether oxygens (including phenoxy) is 2. The molecule has 2 aromatic carbocycles. The fraction of sp³-hybridized carbons (Fsp3) is 0.227. The van der Waals surface area contributed by atoms with Crippen molar-refractivity contribution in [3.05, 3.63) is 59.4 Å². The monoisotopic (exact) mass is 423 g/mol. The molecule has 0 aliphatic carbocycles. The molecule has 0 saturated carbocycles. The molecule has 1 saturated heterocycles. The van der Waals surface area contributed by atoms with Crippen molar-refractivity contribution < 1.29 is 28.3 Å². The number of hydrogen-bond donors (Lipinski definition) is 2. The van der Waals surface area contributed by atoms with Crippen molar-refractivity contribution >= 4 is 28.8 Å². The van der Waals surface area contributed by atoms with Gasteiger partial charge in [0.05, 0.1) is 14.2 Å². The zero-order valence-electron chi connectivity index (χ0n) is 17.2. The molecule has 1 aromatic heterocycles. The Labute approximate surface area is 177 Å². The first kappa shape index (κ1) is 20.3. The minimum Gasteiger partial charge on any atom is -0.497 e. The molecule has 0 spiro atoms. The van der Waals surface area contributed by atoms with Crippen LogP contribution >= 0.6 is 0 Å². The minimum atomic E-state index is -0.768. The summed E-state index contributed by atoms with van der Waals surface area (Å²) in [6, 6.07) is 11.4. The predicted molar refractivity (Wildman–Crippen MR) is 111 cm³/mol. The predicted octanol–water partition coefficient (Wildman–Crippen LogP) is 2.60. The normalized spacial score (nSPS) is 17.1. The molecule has 2 aliphatic heterocycles. The number of nitrogens with zero attached hydrogens (tertiary/aromatic N) is 1. The SMILES string of the molecule is COc1ccc2c(c1)C(=O)N(C)C2.COc1ccc2cc(C3NC(=O)NC3=O)oc2c1. The molecule has 2 N–H and O–H groups in total. The summed E-state index contributed by atoms with van der Waals surface area (Å²) in [5, 5.41) is 5.49. The van der Waals surface area contributed by atoms with Crippen molar-refractivity contribution in [3.8, 4) is 11.5 Å². The van der Waals surface area contributed by atoms with E-state index in [9.17, 15) is 14.4 Å². The molecule has 31 heavy (non-hydrogen) atoms. The fourth-order valence-corrected chi connectivity index (χ4v) is 3.47. The Morgan fingerprint density at radius 3 is 2.39 bits per heavy atom. The maximum absolute atomic E-state index is 11.5. The van der Waals surface area contributed by atoms with Crippen LogP contribution in [0.3, 0.4) is 0 Å². The Balaban J connectivity index is 0.000000158. The number of carbonyl (C=O) groups excluding carboxylic acids is 3. The van der Waals surface area contributed by atoms with E-state index in [0.29, 0.717) is 23.6 Å². The summed E-state index contributed by atoms with van der Waals surface area (Å²) in [6.07, 6.45) is 0. The molecular weight excluding hydrogens is 402 g/mol. The van der Waals surface area contributed by atoms with Crippen molar-refractivity contribution in [2.75, 3.05) is 21.3 Å². The third-order valence-electron chi connectivity index (χ3n) is 5.11. The molecule has 1 atom stereocenters. The number of amides is 4. The summed E-state index contributed by atoms with van der Waals surface area (Å²) in [6.45, 7) is 0.707. The second kappa shape index (κ2) is 8.02. The van der Waals surface area contributed by atoms with E-state index < -0.39 is 18.0 Å². The summed E-state index contributed by atoms with van der Waals surface area (Å²) in [5.74, 6) is 1.48. The third-order valence-corrected chi connectivity index (χ3v) is 5.11. The number of benzene rings is 2. The summed E-state index contributed by atoms with van der Waals surface area (Å²) in [7, 11) is 4.97. The maximum Gasteiger partial charge on any atom is 0.322 e. The average Bonchev–Trinajstić information content (AvgIpc) is 3.42. The molecule has 3 heterocycles. The second-order valence-electron chi connectivity index (χ2n) is 7.13. The molecule has 160 valence electrons. The topological polar surface area (TPSA) is 110 Å². The van der Waals surface area contributed by atoms with Gasteiger partial charge in [-0.05, 0) is 35.9 Å². The van der Waals surface area contributed by atoms with Crippen LogP contribution in [-0.2, 0) is 11.3 Å². The molecule has 1 unspecified atom stereocenters. The number of furan rings is 1. The number of nitrogens with one attached hydrogen (secondary N) is 2. The Hall–Kier alpha value is -4.01. The van der Waals surface area contributed by atoms with Crippen molar-refractivity contribution in [2.24, 2.45) is 0 Å². The molecule has 5 rings (SSSR count). The highest BCUT2D eigenvalue weighted by Crippen LogP contribution is 2.28. The van der Waals surface area contributed by atoms with Gasteiger partial charge in [0.15, 0.2) is 6.04 Å². The Kier molecular flexibility index (Phi) is 5.24. The van der Waals surface area contributed by atoms with Crippen molar-refractivity contribution in [1.29, 1.82) is 0 Å². The van der Waals surface area contributed by atoms with Gasteiger partial charge in [-0.2, -0.15) is 0 Å². The lowest BCUT2D eigenvalue weighted by molar-refractivity contribution is -0.120. The first-order valence-corrected chi connectivity index (χ1v) is 9.51. The lowest BCUT2D eigenvalue weighted by Gasteiger charge is -2.04. The maximum atomic E-state index is 11.5. The molecule has 4 amide bonds. The fourth-order valence-electron chi connectivity index (χ4n) is 3.47. The van der Waals surface area contributed by atoms with Gasteiger partial charge in [0.1, 0.15) is 22.8 Å². The van der Waals surface area contributed by atoms with Gasteiger partial charge in [-0.3, -0.25) is 14.9 Å². The summed E-state index contributed by atoms with van der Waals surface area (Å²) in [4.78, 5) is 35.8. The van der Waals surface area contributed by atoms with Gasteiger partial charge in [-0.25, -0.2) is 4.79 Å². The van der Waals surface area contributed by atoms with Crippen molar-refractivity contribution in [1.82, 2.24) is 15.5 Å². The number of methoxy groups -OCH3 is 2. The Morgan fingerprint density at radius 2 is 1.71 bits per heavy atom. The number of rotatable bonds is 3. The van der Waals surface area contributed by atoms with Crippen molar-refractivity contribution in [2.45, 2.75) is 12.6 Å². The standard InChI is InChI=1S/C12H10N2O4.C10H11NO2/c1-17-7-3-2-6-4-9(18-8(6)5-7)10-11(15)14-12(16)13-10;1-11-6-7-3-4-8(13-2)5-9(7)10(11)12/h2-5,10H,1H3,(H2,13,14,15,16);3-5H,6H2,1-2H3. The third kappa shape index (κ3) is 3.89.